The molecule has 96 valence electrons. The quantitative estimate of drug-likeness (QED) is 0.820. The Labute approximate surface area is 121 Å². The second kappa shape index (κ2) is 6.41. The van der Waals surface area contributed by atoms with E-state index in [0.29, 0.717) is 15.7 Å². The maximum Gasteiger partial charge on any atom is 0.248 e. The van der Waals surface area contributed by atoms with Crippen LogP contribution < -0.4 is 5.32 Å². The molecular weight excluding hydrogens is 281 g/mol. The van der Waals surface area contributed by atoms with Crippen molar-refractivity contribution >= 4 is 40.9 Å². The molecule has 0 fully saturated rings. The van der Waals surface area contributed by atoms with E-state index in [1.807, 2.05) is 24.3 Å². The number of halogens is 2. The van der Waals surface area contributed by atoms with E-state index in [0.717, 1.165) is 5.56 Å². The van der Waals surface area contributed by atoms with Gasteiger partial charge in [-0.1, -0.05) is 47.5 Å². The zero-order valence-corrected chi connectivity index (χ0v) is 11.4. The molecule has 0 aliphatic rings. The second-order valence-corrected chi connectivity index (χ2v) is 4.70. The standard InChI is InChI=1S/C15H11Cl2NO/c16-12-8-5-11(6-9-12)7-10-15(19)18-14-4-2-1-3-13(14)17/h1-10H,(H,18,19)/b10-7+. The van der Waals surface area contributed by atoms with Crippen LogP contribution >= 0.6 is 23.2 Å². The van der Waals surface area contributed by atoms with E-state index in [9.17, 15) is 4.79 Å². The molecule has 0 saturated heterocycles. The van der Waals surface area contributed by atoms with Gasteiger partial charge < -0.3 is 5.32 Å². The van der Waals surface area contributed by atoms with Gasteiger partial charge in [0.25, 0.3) is 0 Å². The Kier molecular flexibility index (Phi) is 4.61. The summed E-state index contributed by atoms with van der Waals surface area (Å²) in [7, 11) is 0. The molecule has 1 amide bonds. The Morgan fingerprint density at radius 2 is 1.68 bits per heavy atom. The van der Waals surface area contributed by atoms with E-state index in [4.69, 9.17) is 23.2 Å². The minimum Gasteiger partial charge on any atom is -0.321 e. The van der Waals surface area contributed by atoms with E-state index < -0.39 is 0 Å². The van der Waals surface area contributed by atoms with Crippen LogP contribution in [0.1, 0.15) is 5.56 Å². The SMILES string of the molecule is O=C(/C=C/c1ccc(Cl)cc1)Nc1ccccc1Cl. The zero-order chi connectivity index (χ0) is 13.7. The predicted octanol–water partition coefficient (Wildman–Crippen LogP) is 4.65. The number of para-hydroxylation sites is 1. The van der Waals surface area contributed by atoms with E-state index in [1.165, 1.54) is 6.08 Å². The van der Waals surface area contributed by atoms with Gasteiger partial charge in [0, 0.05) is 11.1 Å². The number of carbonyl (C=O) groups excluding carboxylic acids is 1. The zero-order valence-electron chi connectivity index (χ0n) is 9.94. The third kappa shape index (κ3) is 4.12. The number of carbonyl (C=O) groups is 1. The van der Waals surface area contributed by atoms with Crippen LogP contribution in [0.5, 0.6) is 0 Å². The number of hydrogen-bond donors (Lipinski definition) is 1. The van der Waals surface area contributed by atoms with Gasteiger partial charge >= 0.3 is 0 Å². The summed E-state index contributed by atoms with van der Waals surface area (Å²) in [5.74, 6) is -0.233. The second-order valence-electron chi connectivity index (χ2n) is 3.85. The summed E-state index contributed by atoms with van der Waals surface area (Å²) >= 11 is 11.7. The maximum atomic E-state index is 11.7. The molecule has 1 N–H and O–H groups in total. The Morgan fingerprint density at radius 1 is 1.00 bits per heavy atom. The number of nitrogens with one attached hydrogen (secondary N) is 1. The fraction of sp³-hybridized carbons (Fsp3) is 0. The Bertz CT molecular complexity index is 606. The molecule has 2 aromatic carbocycles. The molecule has 2 nitrogen and oxygen atoms in total. The van der Waals surface area contributed by atoms with Crippen molar-refractivity contribution in [1.29, 1.82) is 0 Å². The minimum absolute atomic E-state index is 0.233. The number of hydrogen-bond acceptors (Lipinski definition) is 1. The fourth-order valence-corrected chi connectivity index (χ4v) is 1.79. The van der Waals surface area contributed by atoms with Crippen LogP contribution in [-0.4, -0.2) is 5.91 Å². The van der Waals surface area contributed by atoms with Gasteiger partial charge in [0.1, 0.15) is 0 Å². The number of benzene rings is 2. The van der Waals surface area contributed by atoms with Crippen molar-refractivity contribution in [3.63, 3.8) is 0 Å². The van der Waals surface area contributed by atoms with E-state index in [1.54, 1.807) is 30.3 Å². The molecule has 19 heavy (non-hydrogen) atoms. The minimum atomic E-state index is -0.233. The third-order valence-corrected chi connectivity index (χ3v) is 3.01. The van der Waals surface area contributed by atoms with Gasteiger partial charge in [0.15, 0.2) is 0 Å². The first kappa shape index (κ1) is 13.7. The highest BCUT2D eigenvalue weighted by atomic mass is 35.5. The van der Waals surface area contributed by atoms with Gasteiger partial charge in [-0.15, -0.1) is 0 Å². The highest BCUT2D eigenvalue weighted by Crippen LogP contribution is 2.20. The van der Waals surface area contributed by atoms with Crippen LogP contribution in [0, 0.1) is 0 Å². The van der Waals surface area contributed by atoms with Crippen LogP contribution in [0.15, 0.2) is 54.6 Å². The highest BCUT2D eigenvalue weighted by Gasteiger charge is 2.01. The van der Waals surface area contributed by atoms with Crippen molar-refractivity contribution in [1.82, 2.24) is 0 Å². The third-order valence-electron chi connectivity index (χ3n) is 2.43. The lowest BCUT2D eigenvalue weighted by atomic mass is 10.2. The van der Waals surface area contributed by atoms with Crippen molar-refractivity contribution in [3.05, 3.63) is 70.2 Å². The molecular formula is C15H11Cl2NO. The maximum absolute atomic E-state index is 11.7. The van der Waals surface area contributed by atoms with Crippen molar-refractivity contribution in [3.8, 4) is 0 Å². The number of anilines is 1. The lowest BCUT2D eigenvalue weighted by Gasteiger charge is -2.03. The highest BCUT2D eigenvalue weighted by molar-refractivity contribution is 6.33. The normalized spacial score (nSPS) is 10.6. The topological polar surface area (TPSA) is 29.1 Å². The molecule has 0 atom stereocenters. The molecule has 0 aliphatic carbocycles. The number of amides is 1. The van der Waals surface area contributed by atoms with Gasteiger partial charge in [-0.05, 0) is 35.9 Å². The molecule has 0 unspecified atom stereocenters. The van der Waals surface area contributed by atoms with Crippen molar-refractivity contribution < 1.29 is 4.79 Å². The molecule has 4 heteroatoms. The van der Waals surface area contributed by atoms with Crippen molar-refractivity contribution in [2.24, 2.45) is 0 Å². The average Bonchev–Trinajstić information content (AvgIpc) is 2.41. The van der Waals surface area contributed by atoms with Crippen LogP contribution in [0.25, 0.3) is 6.08 Å². The van der Waals surface area contributed by atoms with E-state index in [-0.39, 0.29) is 5.91 Å². The molecule has 0 heterocycles. The summed E-state index contributed by atoms with van der Waals surface area (Å²) < 4.78 is 0. The van der Waals surface area contributed by atoms with Crippen LogP contribution in [-0.2, 0) is 4.79 Å². The van der Waals surface area contributed by atoms with Gasteiger partial charge in [0.2, 0.25) is 5.91 Å². The number of rotatable bonds is 3. The Hall–Kier alpha value is -1.77. The molecule has 0 spiro atoms. The average molecular weight is 292 g/mol. The molecule has 0 radical (unpaired) electrons. The van der Waals surface area contributed by atoms with Crippen LogP contribution in [0.2, 0.25) is 10.0 Å². The molecule has 0 bridgehead atoms. The summed E-state index contributed by atoms with van der Waals surface area (Å²) in [5.41, 5.74) is 1.49. The molecule has 0 aliphatic heterocycles. The summed E-state index contributed by atoms with van der Waals surface area (Å²) in [5, 5.41) is 3.88. The molecule has 2 aromatic rings. The smallest absolute Gasteiger partial charge is 0.248 e. The van der Waals surface area contributed by atoms with Crippen LogP contribution in [0.4, 0.5) is 5.69 Å². The van der Waals surface area contributed by atoms with E-state index >= 15 is 0 Å². The van der Waals surface area contributed by atoms with E-state index in [2.05, 4.69) is 5.32 Å². The summed E-state index contributed by atoms with van der Waals surface area (Å²) in [6.07, 6.45) is 3.16. The van der Waals surface area contributed by atoms with Gasteiger partial charge in [0.05, 0.1) is 10.7 Å². The molecule has 2 rings (SSSR count). The van der Waals surface area contributed by atoms with Gasteiger partial charge in [-0.25, -0.2) is 0 Å². The summed E-state index contributed by atoms with van der Waals surface area (Å²) in [6, 6.07) is 14.3. The lowest BCUT2D eigenvalue weighted by Crippen LogP contribution is -2.07. The fourth-order valence-electron chi connectivity index (χ4n) is 1.48. The first-order valence-corrected chi connectivity index (χ1v) is 6.40. The summed E-state index contributed by atoms with van der Waals surface area (Å²) in [4.78, 5) is 11.7. The van der Waals surface area contributed by atoms with Gasteiger partial charge in [-0.2, -0.15) is 0 Å². The molecule has 0 aromatic heterocycles. The first-order chi connectivity index (χ1) is 9.15. The monoisotopic (exact) mass is 291 g/mol. The largest absolute Gasteiger partial charge is 0.321 e. The van der Waals surface area contributed by atoms with Crippen molar-refractivity contribution in [2.45, 2.75) is 0 Å². The predicted molar refractivity (Wildman–Crippen MR) is 80.6 cm³/mol. The van der Waals surface area contributed by atoms with Crippen LogP contribution in [0.3, 0.4) is 0 Å². The Morgan fingerprint density at radius 3 is 2.37 bits per heavy atom. The van der Waals surface area contributed by atoms with Gasteiger partial charge in [-0.3, -0.25) is 4.79 Å². The first-order valence-electron chi connectivity index (χ1n) is 5.64. The lowest BCUT2D eigenvalue weighted by molar-refractivity contribution is -0.111. The summed E-state index contributed by atoms with van der Waals surface area (Å²) in [6.45, 7) is 0. The molecule has 0 saturated carbocycles. The Balaban J connectivity index is 2.02. The van der Waals surface area contributed by atoms with Crippen molar-refractivity contribution in [2.75, 3.05) is 5.32 Å².